The Kier molecular flexibility index (Phi) is 4.21. The Morgan fingerprint density at radius 1 is 1.30 bits per heavy atom. The number of aliphatic hydroxyl groups is 1. The quantitative estimate of drug-likeness (QED) is 0.419. The predicted molar refractivity (Wildman–Crippen MR) is 96.4 cm³/mol. The van der Waals surface area contributed by atoms with Gasteiger partial charge in [0.05, 0.1) is 18.9 Å². The summed E-state index contributed by atoms with van der Waals surface area (Å²) in [6.45, 7) is 0. The lowest BCUT2D eigenvalue weighted by atomic mass is 9.99. The van der Waals surface area contributed by atoms with E-state index in [1.54, 1.807) is 36.4 Å². The van der Waals surface area contributed by atoms with Gasteiger partial charge in [0.2, 0.25) is 5.13 Å². The van der Waals surface area contributed by atoms with Gasteiger partial charge in [0, 0.05) is 5.56 Å². The van der Waals surface area contributed by atoms with E-state index in [2.05, 4.69) is 10.2 Å². The molecule has 27 heavy (non-hydrogen) atoms. The van der Waals surface area contributed by atoms with Crippen LogP contribution in [0.3, 0.4) is 0 Å². The van der Waals surface area contributed by atoms with Crippen LogP contribution in [0.4, 0.5) is 5.13 Å². The molecule has 8 nitrogen and oxygen atoms in total. The van der Waals surface area contributed by atoms with Crippen LogP contribution in [0.1, 0.15) is 17.4 Å². The van der Waals surface area contributed by atoms with Gasteiger partial charge in [-0.05, 0) is 24.3 Å². The summed E-state index contributed by atoms with van der Waals surface area (Å²) in [5.74, 6) is -1.12. The maximum atomic E-state index is 12.8. The van der Waals surface area contributed by atoms with Crippen LogP contribution in [0.5, 0.6) is 5.75 Å². The molecule has 1 N–H and O–H groups in total. The first-order valence-electron chi connectivity index (χ1n) is 7.87. The Morgan fingerprint density at radius 2 is 2.15 bits per heavy atom. The summed E-state index contributed by atoms with van der Waals surface area (Å²) in [6, 6.07) is 8.91. The topological polar surface area (TPSA) is 106 Å². The lowest BCUT2D eigenvalue weighted by molar-refractivity contribution is -0.132. The third-order valence-corrected chi connectivity index (χ3v) is 4.84. The molecular weight excluding hydrogens is 370 g/mol. The number of Topliss-reactive ketones (excluding diaryl/α,β-unsaturated/α-hetero) is 1. The number of ether oxygens (including phenoxy) is 1. The van der Waals surface area contributed by atoms with Crippen molar-refractivity contribution < 1.29 is 23.8 Å². The lowest BCUT2D eigenvalue weighted by Gasteiger charge is -2.20. The highest BCUT2D eigenvalue weighted by molar-refractivity contribution is 7.13. The summed E-state index contributed by atoms with van der Waals surface area (Å²) >= 11 is 1.11. The summed E-state index contributed by atoms with van der Waals surface area (Å²) in [7, 11) is 1.50. The maximum Gasteiger partial charge on any atom is 0.302 e. The number of benzene rings is 1. The molecule has 1 fully saturated rings. The first-order valence-corrected chi connectivity index (χ1v) is 8.74. The minimum absolute atomic E-state index is 0.0848. The van der Waals surface area contributed by atoms with E-state index in [1.165, 1.54) is 23.8 Å². The summed E-state index contributed by atoms with van der Waals surface area (Å²) < 4.78 is 10.6. The highest BCUT2D eigenvalue weighted by atomic mass is 32.1. The van der Waals surface area contributed by atoms with Crippen LogP contribution in [0.2, 0.25) is 0 Å². The fourth-order valence-corrected chi connectivity index (χ4v) is 3.53. The Labute approximate surface area is 157 Å². The monoisotopic (exact) mass is 383 g/mol. The Hall–Kier alpha value is -3.46. The number of aliphatic hydroxyl groups excluding tert-OH is 1. The Morgan fingerprint density at radius 3 is 2.81 bits per heavy atom. The van der Waals surface area contributed by atoms with Gasteiger partial charge in [0.1, 0.15) is 28.8 Å². The number of amides is 1. The zero-order valence-corrected chi connectivity index (χ0v) is 14.8. The van der Waals surface area contributed by atoms with Crippen LogP contribution in [0, 0.1) is 0 Å². The van der Waals surface area contributed by atoms with E-state index in [-0.39, 0.29) is 16.5 Å². The van der Waals surface area contributed by atoms with Crippen molar-refractivity contribution in [3.05, 3.63) is 65.1 Å². The Balaban J connectivity index is 1.92. The van der Waals surface area contributed by atoms with Crippen molar-refractivity contribution in [2.24, 2.45) is 0 Å². The van der Waals surface area contributed by atoms with Crippen LogP contribution >= 0.6 is 11.3 Å². The first kappa shape index (κ1) is 17.0. The van der Waals surface area contributed by atoms with Crippen LogP contribution in [-0.4, -0.2) is 34.1 Å². The maximum absolute atomic E-state index is 12.8. The van der Waals surface area contributed by atoms with Crippen molar-refractivity contribution in [1.29, 1.82) is 0 Å². The van der Waals surface area contributed by atoms with E-state index in [0.29, 0.717) is 17.1 Å². The van der Waals surface area contributed by atoms with Gasteiger partial charge in [0.15, 0.2) is 0 Å². The van der Waals surface area contributed by atoms with Gasteiger partial charge in [-0.15, -0.1) is 10.2 Å². The molecule has 1 unspecified atom stereocenters. The Bertz CT molecular complexity index is 1030. The van der Waals surface area contributed by atoms with Gasteiger partial charge in [-0.1, -0.05) is 23.5 Å². The number of rotatable bonds is 4. The predicted octanol–water partition coefficient (Wildman–Crippen LogP) is 2.77. The number of methoxy groups -OCH3 is 1. The molecule has 1 saturated heterocycles. The van der Waals surface area contributed by atoms with Crippen LogP contribution < -0.4 is 9.64 Å². The summed E-state index contributed by atoms with van der Waals surface area (Å²) in [6.07, 6.45) is 1.43. The third kappa shape index (κ3) is 2.77. The van der Waals surface area contributed by atoms with Crippen LogP contribution in [-0.2, 0) is 9.59 Å². The van der Waals surface area contributed by atoms with Crippen molar-refractivity contribution in [2.45, 2.75) is 6.04 Å². The molecule has 1 aromatic carbocycles. The van der Waals surface area contributed by atoms with Crippen molar-refractivity contribution in [1.82, 2.24) is 10.2 Å². The van der Waals surface area contributed by atoms with E-state index < -0.39 is 17.7 Å². The van der Waals surface area contributed by atoms with Crippen LogP contribution in [0.25, 0.3) is 5.76 Å². The smallest absolute Gasteiger partial charge is 0.302 e. The highest BCUT2D eigenvalue weighted by Crippen LogP contribution is 2.42. The largest absolute Gasteiger partial charge is 0.507 e. The second kappa shape index (κ2) is 6.69. The SMILES string of the molecule is COc1cccc(/C(O)=C2\C(=O)C(=O)N(c3nncs3)C2c2ccco2)c1. The molecule has 0 aliphatic carbocycles. The molecular formula is C18H13N3O5S. The number of hydrogen-bond donors (Lipinski definition) is 1. The molecule has 3 heterocycles. The van der Waals surface area contributed by atoms with Gasteiger partial charge >= 0.3 is 5.91 Å². The molecule has 0 bridgehead atoms. The van der Waals surface area contributed by atoms with Gasteiger partial charge < -0.3 is 14.3 Å². The molecule has 1 atom stereocenters. The van der Waals surface area contributed by atoms with E-state index in [9.17, 15) is 14.7 Å². The number of furan rings is 1. The second-order valence-electron chi connectivity index (χ2n) is 5.64. The first-order chi connectivity index (χ1) is 13.1. The zero-order valence-electron chi connectivity index (χ0n) is 14.0. The molecule has 0 radical (unpaired) electrons. The van der Waals surface area contributed by atoms with E-state index in [1.807, 2.05) is 0 Å². The molecule has 0 spiro atoms. The molecule has 0 saturated carbocycles. The standard InChI is InChI=1S/C18H13N3O5S/c1-25-11-5-2-4-10(8-11)15(22)13-14(12-6-3-7-26-12)21(17(24)16(13)23)18-20-19-9-27-18/h2-9,14,22H,1H3/b15-13+. The highest BCUT2D eigenvalue weighted by Gasteiger charge is 2.49. The molecule has 9 heteroatoms. The van der Waals surface area contributed by atoms with Crippen molar-refractivity contribution in [3.8, 4) is 5.75 Å². The van der Waals surface area contributed by atoms with Crippen LogP contribution in [0.15, 0.2) is 58.2 Å². The molecule has 1 aliphatic heterocycles. The summed E-state index contributed by atoms with van der Waals surface area (Å²) in [4.78, 5) is 26.6. The number of anilines is 1. The summed E-state index contributed by atoms with van der Waals surface area (Å²) in [5, 5.41) is 18.7. The molecule has 1 amide bonds. The average molecular weight is 383 g/mol. The van der Waals surface area contributed by atoms with Crippen molar-refractivity contribution in [2.75, 3.05) is 12.0 Å². The van der Waals surface area contributed by atoms with E-state index in [4.69, 9.17) is 9.15 Å². The van der Waals surface area contributed by atoms with Gasteiger partial charge in [-0.2, -0.15) is 0 Å². The average Bonchev–Trinajstić information content (AvgIpc) is 3.43. The number of aromatic nitrogens is 2. The van der Waals surface area contributed by atoms with Crippen molar-refractivity contribution >= 4 is 33.9 Å². The van der Waals surface area contributed by atoms with Gasteiger partial charge in [-0.3, -0.25) is 14.5 Å². The third-order valence-electron chi connectivity index (χ3n) is 4.15. The number of nitrogens with zero attached hydrogens (tertiary/aromatic N) is 3. The summed E-state index contributed by atoms with van der Waals surface area (Å²) in [5.41, 5.74) is 1.72. The van der Waals surface area contributed by atoms with E-state index >= 15 is 0 Å². The number of ketones is 1. The fourth-order valence-electron chi connectivity index (χ4n) is 2.94. The molecule has 136 valence electrons. The minimum Gasteiger partial charge on any atom is -0.507 e. The minimum atomic E-state index is -0.945. The number of carbonyl (C=O) groups excluding carboxylic acids is 2. The normalized spacial score (nSPS) is 18.9. The molecule has 4 rings (SSSR count). The van der Waals surface area contributed by atoms with Gasteiger partial charge in [0.25, 0.3) is 5.78 Å². The zero-order chi connectivity index (χ0) is 19.0. The molecule has 2 aromatic heterocycles. The van der Waals surface area contributed by atoms with E-state index in [0.717, 1.165) is 11.3 Å². The fraction of sp³-hybridized carbons (Fsp3) is 0.111. The number of hydrogen-bond acceptors (Lipinski definition) is 8. The second-order valence-corrected chi connectivity index (χ2v) is 6.45. The molecule has 3 aromatic rings. The lowest BCUT2D eigenvalue weighted by Crippen LogP contribution is -2.29. The molecule has 1 aliphatic rings. The number of carbonyl (C=O) groups is 2. The van der Waals surface area contributed by atoms with Crippen molar-refractivity contribution in [3.63, 3.8) is 0 Å². The van der Waals surface area contributed by atoms with Gasteiger partial charge in [-0.25, -0.2) is 0 Å².